The fraction of sp³-hybridized carbons (Fsp3) is 0.625. The first-order chi connectivity index (χ1) is 9.90. The van der Waals surface area contributed by atoms with Gasteiger partial charge in [0.2, 0.25) is 10.0 Å². The molecule has 1 aliphatic rings. The van der Waals surface area contributed by atoms with Gasteiger partial charge in [-0.15, -0.1) is 11.6 Å². The predicted octanol–water partition coefficient (Wildman–Crippen LogP) is 3.80. The van der Waals surface area contributed by atoms with Crippen molar-refractivity contribution in [3.8, 4) is 0 Å². The molecule has 1 aromatic carbocycles. The van der Waals surface area contributed by atoms with Crippen LogP contribution in [0, 0.1) is 5.92 Å². The number of piperidine rings is 1. The first kappa shape index (κ1) is 16.8. The van der Waals surface area contributed by atoms with Crippen molar-refractivity contribution >= 4 is 21.6 Å². The number of aryl methyl sites for hydroxylation is 1. The van der Waals surface area contributed by atoms with Crippen LogP contribution in [0.25, 0.3) is 0 Å². The Balaban J connectivity index is 2.39. The van der Waals surface area contributed by atoms with E-state index in [1.807, 2.05) is 19.9 Å². The van der Waals surface area contributed by atoms with E-state index in [1.54, 1.807) is 16.4 Å². The summed E-state index contributed by atoms with van der Waals surface area (Å²) < 4.78 is 27.4. The van der Waals surface area contributed by atoms with Crippen molar-refractivity contribution in [1.29, 1.82) is 0 Å². The maximum absolute atomic E-state index is 12.9. The molecule has 0 spiro atoms. The molecule has 0 aromatic heterocycles. The van der Waals surface area contributed by atoms with E-state index in [0.717, 1.165) is 30.4 Å². The Morgan fingerprint density at radius 1 is 1.24 bits per heavy atom. The van der Waals surface area contributed by atoms with Gasteiger partial charge in [-0.25, -0.2) is 8.42 Å². The predicted molar refractivity (Wildman–Crippen MR) is 87.1 cm³/mol. The van der Waals surface area contributed by atoms with Crippen LogP contribution in [0.3, 0.4) is 0 Å². The Bertz CT molecular complexity index is 600. The molecule has 5 heteroatoms. The molecule has 1 aliphatic heterocycles. The van der Waals surface area contributed by atoms with Gasteiger partial charge in [0.1, 0.15) is 0 Å². The summed E-state index contributed by atoms with van der Waals surface area (Å²) in [7, 11) is -3.43. The van der Waals surface area contributed by atoms with Crippen molar-refractivity contribution in [2.45, 2.75) is 56.9 Å². The lowest BCUT2D eigenvalue weighted by Gasteiger charge is -2.35. The Hall–Kier alpha value is -0.580. The standard InChI is InChI=1S/C16H24ClNO2S/c1-4-14-7-8-16(9-15(14)10-17)21(19,20)18-11-12(2)5-6-13(18)3/h7-9,12-13H,4-6,10-11H2,1-3H3. The lowest BCUT2D eigenvalue weighted by Crippen LogP contribution is -2.44. The van der Waals surface area contributed by atoms with E-state index >= 15 is 0 Å². The highest BCUT2D eigenvalue weighted by Gasteiger charge is 2.33. The molecule has 118 valence electrons. The van der Waals surface area contributed by atoms with Crippen LogP contribution >= 0.6 is 11.6 Å². The average Bonchev–Trinajstić information content (AvgIpc) is 2.48. The quantitative estimate of drug-likeness (QED) is 0.788. The fourth-order valence-electron chi connectivity index (χ4n) is 2.95. The summed E-state index contributed by atoms with van der Waals surface area (Å²) in [5, 5.41) is 0. The van der Waals surface area contributed by atoms with Gasteiger partial charge in [0, 0.05) is 18.5 Å². The molecule has 0 aliphatic carbocycles. The highest BCUT2D eigenvalue weighted by molar-refractivity contribution is 7.89. The summed E-state index contributed by atoms with van der Waals surface area (Å²) in [6.07, 6.45) is 2.88. The molecule has 1 heterocycles. The smallest absolute Gasteiger partial charge is 0.207 e. The topological polar surface area (TPSA) is 37.4 Å². The normalized spacial score (nSPS) is 24.2. The molecule has 0 N–H and O–H groups in total. The molecule has 0 radical (unpaired) electrons. The second-order valence-corrected chi connectivity index (χ2v) is 8.18. The largest absolute Gasteiger partial charge is 0.243 e. The van der Waals surface area contributed by atoms with E-state index in [-0.39, 0.29) is 6.04 Å². The van der Waals surface area contributed by atoms with Crippen molar-refractivity contribution in [2.75, 3.05) is 6.54 Å². The molecular formula is C16H24ClNO2S. The van der Waals surface area contributed by atoms with Crippen molar-refractivity contribution in [3.05, 3.63) is 29.3 Å². The first-order valence-corrected chi connectivity index (χ1v) is 9.57. The van der Waals surface area contributed by atoms with Crippen molar-refractivity contribution < 1.29 is 8.42 Å². The minimum atomic E-state index is -3.43. The van der Waals surface area contributed by atoms with Crippen LogP contribution in [0.4, 0.5) is 0 Å². The summed E-state index contributed by atoms with van der Waals surface area (Å²) in [6, 6.07) is 5.42. The molecule has 1 fully saturated rings. The van der Waals surface area contributed by atoms with E-state index < -0.39 is 10.0 Å². The highest BCUT2D eigenvalue weighted by Crippen LogP contribution is 2.29. The number of halogens is 1. The molecular weight excluding hydrogens is 306 g/mol. The molecule has 2 unspecified atom stereocenters. The summed E-state index contributed by atoms with van der Waals surface area (Å²) >= 11 is 5.96. The SMILES string of the molecule is CCc1ccc(S(=O)(=O)N2CC(C)CCC2C)cc1CCl. The van der Waals surface area contributed by atoms with Gasteiger partial charge in [0.15, 0.2) is 0 Å². The van der Waals surface area contributed by atoms with Gasteiger partial charge in [-0.1, -0.05) is 19.9 Å². The molecule has 2 rings (SSSR count). The second kappa shape index (κ2) is 6.67. The summed E-state index contributed by atoms with van der Waals surface area (Å²) in [5.74, 6) is 0.761. The maximum atomic E-state index is 12.9. The third-order valence-electron chi connectivity index (χ3n) is 4.37. The third-order valence-corrected chi connectivity index (χ3v) is 6.63. The van der Waals surface area contributed by atoms with Crippen molar-refractivity contribution in [3.63, 3.8) is 0 Å². The van der Waals surface area contributed by atoms with E-state index in [2.05, 4.69) is 6.92 Å². The van der Waals surface area contributed by atoms with Crippen LogP contribution in [-0.4, -0.2) is 25.3 Å². The van der Waals surface area contributed by atoms with Crippen molar-refractivity contribution in [2.24, 2.45) is 5.92 Å². The van der Waals surface area contributed by atoms with E-state index in [0.29, 0.717) is 23.2 Å². The monoisotopic (exact) mass is 329 g/mol. The summed E-state index contributed by atoms with van der Waals surface area (Å²) in [4.78, 5) is 0.372. The Morgan fingerprint density at radius 3 is 2.57 bits per heavy atom. The van der Waals surface area contributed by atoms with Gasteiger partial charge < -0.3 is 0 Å². The molecule has 0 amide bonds. The van der Waals surface area contributed by atoms with Gasteiger partial charge in [-0.05, 0) is 55.4 Å². The first-order valence-electron chi connectivity index (χ1n) is 7.59. The molecule has 0 bridgehead atoms. The number of hydrogen-bond acceptors (Lipinski definition) is 2. The Morgan fingerprint density at radius 2 is 1.95 bits per heavy atom. The average molecular weight is 330 g/mol. The molecule has 21 heavy (non-hydrogen) atoms. The maximum Gasteiger partial charge on any atom is 0.243 e. The zero-order chi connectivity index (χ0) is 15.6. The molecule has 0 saturated carbocycles. The number of hydrogen-bond donors (Lipinski definition) is 0. The number of sulfonamides is 1. The van der Waals surface area contributed by atoms with Gasteiger partial charge in [-0.2, -0.15) is 4.31 Å². The summed E-state index contributed by atoms with van der Waals surface area (Å²) in [5.41, 5.74) is 2.03. The zero-order valence-electron chi connectivity index (χ0n) is 13.0. The van der Waals surface area contributed by atoms with Crippen molar-refractivity contribution in [1.82, 2.24) is 4.31 Å². The fourth-order valence-corrected chi connectivity index (χ4v) is 5.03. The van der Waals surface area contributed by atoms with Crippen LogP contribution in [0.5, 0.6) is 0 Å². The van der Waals surface area contributed by atoms with Crippen LogP contribution in [-0.2, 0) is 22.3 Å². The van der Waals surface area contributed by atoms with Gasteiger partial charge >= 0.3 is 0 Å². The van der Waals surface area contributed by atoms with Crippen LogP contribution in [0.2, 0.25) is 0 Å². The second-order valence-electron chi connectivity index (χ2n) is 6.02. The number of benzene rings is 1. The van der Waals surface area contributed by atoms with Gasteiger partial charge in [0.25, 0.3) is 0 Å². The highest BCUT2D eigenvalue weighted by atomic mass is 35.5. The number of rotatable bonds is 4. The minimum absolute atomic E-state index is 0.0662. The Labute approximate surface area is 133 Å². The lowest BCUT2D eigenvalue weighted by molar-refractivity contribution is 0.218. The van der Waals surface area contributed by atoms with Crippen LogP contribution in [0.15, 0.2) is 23.1 Å². The van der Waals surface area contributed by atoms with Gasteiger partial charge in [0.05, 0.1) is 4.90 Å². The van der Waals surface area contributed by atoms with E-state index in [1.165, 1.54) is 0 Å². The third kappa shape index (κ3) is 3.43. The number of alkyl halides is 1. The number of nitrogens with zero attached hydrogens (tertiary/aromatic N) is 1. The van der Waals surface area contributed by atoms with E-state index in [9.17, 15) is 8.42 Å². The molecule has 3 nitrogen and oxygen atoms in total. The lowest BCUT2D eigenvalue weighted by atomic mass is 9.97. The summed E-state index contributed by atoms with van der Waals surface area (Å²) in [6.45, 7) is 6.76. The molecule has 1 aromatic rings. The van der Waals surface area contributed by atoms with Crippen LogP contribution < -0.4 is 0 Å². The molecule has 1 saturated heterocycles. The molecule has 2 atom stereocenters. The Kier molecular flexibility index (Phi) is 5.33. The minimum Gasteiger partial charge on any atom is -0.207 e. The zero-order valence-corrected chi connectivity index (χ0v) is 14.5. The van der Waals surface area contributed by atoms with Crippen LogP contribution in [0.1, 0.15) is 44.7 Å². The van der Waals surface area contributed by atoms with Gasteiger partial charge in [-0.3, -0.25) is 0 Å². The van der Waals surface area contributed by atoms with E-state index in [4.69, 9.17) is 11.6 Å².